The molecule has 2 atom stereocenters. The molecule has 3 aromatic rings. The van der Waals surface area contributed by atoms with E-state index in [2.05, 4.69) is 51.4 Å². The summed E-state index contributed by atoms with van der Waals surface area (Å²) in [6.45, 7) is 5.44. The van der Waals surface area contributed by atoms with Crippen LogP contribution in [0.25, 0.3) is 16.7 Å². The van der Waals surface area contributed by atoms with Crippen LogP contribution in [-0.4, -0.2) is 22.6 Å². The first-order valence-electron chi connectivity index (χ1n) is 9.77. The molecule has 4 heteroatoms. The van der Waals surface area contributed by atoms with Crippen LogP contribution in [0.3, 0.4) is 0 Å². The van der Waals surface area contributed by atoms with E-state index in [0.29, 0.717) is 12.0 Å². The van der Waals surface area contributed by atoms with Gasteiger partial charge in [0.1, 0.15) is 0 Å². The Morgan fingerprint density at radius 1 is 1.04 bits per heavy atom. The van der Waals surface area contributed by atoms with E-state index in [1.165, 1.54) is 31.4 Å². The van der Waals surface area contributed by atoms with Gasteiger partial charge in [-0.1, -0.05) is 24.8 Å². The highest BCUT2D eigenvalue weighted by molar-refractivity contribution is 5.83. The Labute approximate surface area is 159 Å². The van der Waals surface area contributed by atoms with Crippen molar-refractivity contribution >= 4 is 22.4 Å². The van der Waals surface area contributed by atoms with E-state index in [1.807, 2.05) is 18.2 Å². The van der Waals surface area contributed by atoms with E-state index in [1.54, 1.807) is 12.4 Å². The van der Waals surface area contributed by atoms with Gasteiger partial charge in [-0.25, -0.2) is 0 Å². The van der Waals surface area contributed by atoms with Crippen LogP contribution < -0.4 is 10.6 Å². The molecule has 136 valence electrons. The Bertz CT molecular complexity index is 992. The minimum atomic E-state index is 0.646. The fraction of sp³-hybridized carbons (Fsp3) is 0.304. The first kappa shape index (κ1) is 16.5. The molecule has 2 fully saturated rings. The summed E-state index contributed by atoms with van der Waals surface area (Å²) in [6, 6.07) is 15.4. The minimum absolute atomic E-state index is 0.646. The molecule has 2 aliphatic carbocycles. The van der Waals surface area contributed by atoms with E-state index >= 15 is 0 Å². The fourth-order valence-corrected chi connectivity index (χ4v) is 3.67. The molecule has 0 radical (unpaired) electrons. The second-order valence-corrected chi connectivity index (χ2v) is 7.79. The number of aromatic nitrogens is 2. The third-order valence-corrected chi connectivity index (χ3v) is 5.58. The molecular weight excluding hydrogens is 332 g/mol. The van der Waals surface area contributed by atoms with E-state index in [4.69, 9.17) is 0 Å². The first-order valence-corrected chi connectivity index (χ1v) is 9.77. The Kier molecular flexibility index (Phi) is 4.13. The molecule has 0 amide bonds. The van der Waals surface area contributed by atoms with Crippen LogP contribution in [0, 0.1) is 5.92 Å². The highest BCUT2D eigenvalue weighted by atomic mass is 15.0. The quantitative estimate of drug-likeness (QED) is 0.651. The molecule has 0 saturated heterocycles. The summed E-state index contributed by atoms with van der Waals surface area (Å²) >= 11 is 0. The number of rotatable bonds is 7. The number of nitrogens with zero attached hydrogens (tertiary/aromatic N) is 2. The van der Waals surface area contributed by atoms with Crippen molar-refractivity contribution in [2.24, 2.45) is 5.92 Å². The van der Waals surface area contributed by atoms with Crippen molar-refractivity contribution in [1.82, 2.24) is 15.3 Å². The summed E-state index contributed by atoms with van der Waals surface area (Å²) < 4.78 is 0. The molecular formula is C23H24N4. The van der Waals surface area contributed by atoms with Gasteiger partial charge >= 0.3 is 0 Å². The van der Waals surface area contributed by atoms with Crippen molar-refractivity contribution in [3.05, 3.63) is 72.6 Å². The van der Waals surface area contributed by atoms with E-state index in [-0.39, 0.29) is 0 Å². The van der Waals surface area contributed by atoms with Crippen molar-refractivity contribution in [2.45, 2.75) is 31.2 Å². The maximum Gasteiger partial charge on any atom is 0.0907 e. The highest BCUT2D eigenvalue weighted by Gasteiger charge is 2.39. The largest absolute Gasteiger partial charge is 0.355 e. The van der Waals surface area contributed by atoms with Gasteiger partial charge in [-0.2, -0.15) is 0 Å². The van der Waals surface area contributed by atoms with Crippen molar-refractivity contribution in [3.63, 3.8) is 0 Å². The summed E-state index contributed by atoms with van der Waals surface area (Å²) in [5.41, 5.74) is 6.21. The molecule has 2 aromatic carbocycles. The maximum absolute atomic E-state index is 4.37. The molecule has 2 saturated carbocycles. The van der Waals surface area contributed by atoms with Gasteiger partial charge in [0.25, 0.3) is 0 Å². The number of nitrogens with one attached hydrogen (secondary N) is 2. The lowest BCUT2D eigenvalue weighted by atomic mass is 10.0. The Hall–Kier alpha value is -2.72. The average Bonchev–Trinajstić information content (AvgIpc) is 3.61. The monoisotopic (exact) mass is 356 g/mol. The lowest BCUT2D eigenvalue weighted by Gasteiger charge is -2.12. The zero-order valence-electron chi connectivity index (χ0n) is 15.4. The topological polar surface area (TPSA) is 49.8 Å². The predicted molar refractivity (Wildman–Crippen MR) is 111 cm³/mol. The second-order valence-electron chi connectivity index (χ2n) is 7.79. The van der Waals surface area contributed by atoms with Gasteiger partial charge in [-0.3, -0.25) is 9.97 Å². The zero-order chi connectivity index (χ0) is 18.2. The molecule has 2 N–H and O–H groups in total. The highest BCUT2D eigenvalue weighted by Crippen LogP contribution is 2.42. The molecule has 2 aliphatic rings. The smallest absolute Gasteiger partial charge is 0.0907 e. The predicted octanol–water partition coefficient (Wildman–Crippen LogP) is 4.57. The number of hydrogen-bond acceptors (Lipinski definition) is 4. The van der Waals surface area contributed by atoms with Crippen LogP contribution in [0.15, 0.2) is 61.4 Å². The van der Waals surface area contributed by atoms with Crippen molar-refractivity contribution < 1.29 is 0 Å². The standard InChI is InChI=1S/C23H24N4/c1-15(27-19-7-8-21-23(12-19)25-10-9-24-21)17-3-2-4-18(11-17)20-13-22(20)26-14-16-5-6-16/h2-4,7-12,16,20,22,26-27H,1,5-6,13-14H2. The number of benzene rings is 2. The van der Waals surface area contributed by atoms with Gasteiger partial charge < -0.3 is 10.6 Å². The summed E-state index contributed by atoms with van der Waals surface area (Å²) in [6.07, 6.45) is 7.50. The molecule has 4 nitrogen and oxygen atoms in total. The molecule has 2 unspecified atom stereocenters. The molecule has 0 bridgehead atoms. The normalized spacial score (nSPS) is 21.2. The Morgan fingerprint density at radius 2 is 1.89 bits per heavy atom. The lowest BCUT2D eigenvalue weighted by molar-refractivity contribution is 0.625. The molecule has 0 spiro atoms. The van der Waals surface area contributed by atoms with E-state index < -0.39 is 0 Å². The van der Waals surface area contributed by atoms with Gasteiger partial charge in [0.15, 0.2) is 0 Å². The number of fused-ring (bicyclic) bond motifs is 1. The van der Waals surface area contributed by atoms with E-state index in [0.717, 1.165) is 33.9 Å². The summed E-state index contributed by atoms with van der Waals surface area (Å²) in [5, 5.41) is 7.14. The van der Waals surface area contributed by atoms with Crippen LogP contribution in [0.4, 0.5) is 5.69 Å². The van der Waals surface area contributed by atoms with Gasteiger partial charge in [0.05, 0.1) is 11.0 Å². The first-order chi connectivity index (χ1) is 13.3. The zero-order valence-corrected chi connectivity index (χ0v) is 15.4. The van der Waals surface area contributed by atoms with Crippen LogP contribution in [0.2, 0.25) is 0 Å². The van der Waals surface area contributed by atoms with Gasteiger partial charge in [0, 0.05) is 35.7 Å². The third kappa shape index (κ3) is 3.71. The minimum Gasteiger partial charge on any atom is -0.355 e. The van der Waals surface area contributed by atoms with Crippen LogP contribution in [-0.2, 0) is 0 Å². The van der Waals surface area contributed by atoms with Crippen LogP contribution >= 0.6 is 0 Å². The fourth-order valence-electron chi connectivity index (χ4n) is 3.67. The van der Waals surface area contributed by atoms with Crippen molar-refractivity contribution in [3.8, 4) is 0 Å². The summed E-state index contributed by atoms with van der Waals surface area (Å²) in [5.74, 6) is 1.58. The van der Waals surface area contributed by atoms with E-state index in [9.17, 15) is 0 Å². The summed E-state index contributed by atoms with van der Waals surface area (Å²) in [7, 11) is 0. The Balaban J connectivity index is 1.27. The lowest BCUT2D eigenvalue weighted by Crippen LogP contribution is -2.20. The molecule has 5 rings (SSSR count). The molecule has 27 heavy (non-hydrogen) atoms. The second kappa shape index (κ2) is 6.78. The van der Waals surface area contributed by atoms with Gasteiger partial charge in [-0.15, -0.1) is 0 Å². The van der Waals surface area contributed by atoms with Crippen LogP contribution in [0.1, 0.15) is 36.3 Å². The van der Waals surface area contributed by atoms with Crippen molar-refractivity contribution in [1.29, 1.82) is 0 Å². The van der Waals surface area contributed by atoms with Crippen LogP contribution in [0.5, 0.6) is 0 Å². The van der Waals surface area contributed by atoms with Gasteiger partial charge in [-0.05, 0) is 67.1 Å². The maximum atomic E-state index is 4.37. The number of anilines is 1. The van der Waals surface area contributed by atoms with Crippen molar-refractivity contribution in [2.75, 3.05) is 11.9 Å². The average molecular weight is 356 g/mol. The number of hydrogen-bond donors (Lipinski definition) is 2. The van der Waals surface area contributed by atoms with Gasteiger partial charge in [0.2, 0.25) is 0 Å². The SMILES string of the molecule is C=C(Nc1ccc2nccnc2c1)c1cccc(C2CC2NCC2CC2)c1. The molecule has 1 heterocycles. The molecule has 1 aromatic heterocycles. The summed E-state index contributed by atoms with van der Waals surface area (Å²) in [4.78, 5) is 8.69. The molecule has 0 aliphatic heterocycles. The Morgan fingerprint density at radius 3 is 2.74 bits per heavy atom. The third-order valence-electron chi connectivity index (χ3n) is 5.58.